The molecule has 0 bridgehead atoms. The lowest BCUT2D eigenvalue weighted by Crippen LogP contribution is -2.14. The summed E-state index contributed by atoms with van der Waals surface area (Å²) in [4.78, 5) is 16.4. The molecule has 1 fully saturated rings. The number of ether oxygens (including phenoxy) is 2. The summed E-state index contributed by atoms with van der Waals surface area (Å²) in [5.41, 5.74) is 0.119. The lowest BCUT2D eigenvalue weighted by atomic mass is 10.1. The van der Waals surface area contributed by atoms with Crippen LogP contribution in [0.4, 0.5) is 4.39 Å². The number of hydrogen-bond donors (Lipinski definition) is 1. The number of esters is 1. The average molecular weight is 414 g/mol. The molecule has 0 spiro atoms. The van der Waals surface area contributed by atoms with Gasteiger partial charge in [-0.1, -0.05) is 20.8 Å². The van der Waals surface area contributed by atoms with Gasteiger partial charge < -0.3 is 14.7 Å². The van der Waals surface area contributed by atoms with Crippen molar-refractivity contribution in [1.82, 2.24) is 14.9 Å². The predicted octanol–water partition coefficient (Wildman–Crippen LogP) is 2.60. The van der Waals surface area contributed by atoms with Crippen molar-refractivity contribution in [2.75, 3.05) is 19.8 Å². The first-order valence-corrected chi connectivity index (χ1v) is 8.66. The molecule has 0 radical (unpaired) electrons. The highest BCUT2D eigenvalue weighted by Gasteiger charge is 2.19. The first kappa shape index (κ1) is 17.8. The number of aromatic nitrogens is 3. The Bertz CT molecular complexity index is 762. The zero-order valence-electron chi connectivity index (χ0n) is 13.3. The molecule has 7 nitrogen and oxygen atoms in total. The number of aryl methyl sites for hydroxylation is 1. The Balaban J connectivity index is 1.57. The van der Waals surface area contributed by atoms with Crippen LogP contribution in [-0.2, 0) is 20.7 Å². The second-order valence-corrected chi connectivity index (χ2v) is 6.69. The summed E-state index contributed by atoms with van der Waals surface area (Å²) < 4.78 is 25.0. The Hall–Kier alpha value is -2.00. The Morgan fingerprint density at radius 2 is 2.36 bits per heavy atom. The maximum absolute atomic E-state index is 14.0. The average Bonchev–Trinajstić information content (AvgIpc) is 3.21. The molecule has 1 aliphatic rings. The molecule has 1 unspecified atom stereocenters. The number of hydrogen-bond acceptors (Lipinski definition) is 6. The van der Waals surface area contributed by atoms with Crippen LogP contribution in [0.3, 0.4) is 0 Å². The number of nitrogens with zero attached hydrogens (tertiary/aromatic N) is 3. The third kappa shape index (κ3) is 4.55. The highest BCUT2D eigenvalue weighted by Crippen LogP contribution is 2.24. The van der Waals surface area contributed by atoms with E-state index < -0.39 is 5.82 Å². The van der Waals surface area contributed by atoms with Gasteiger partial charge in [0, 0.05) is 23.4 Å². The summed E-state index contributed by atoms with van der Waals surface area (Å²) >= 11 is 3.17. The molecular formula is C16H17BrFN3O4. The molecule has 0 aliphatic carbocycles. The normalized spacial score (nSPS) is 17.0. The maximum atomic E-state index is 14.0. The summed E-state index contributed by atoms with van der Waals surface area (Å²) in [5.74, 6) is -0.428. The molecule has 1 N–H and O–H groups in total. The van der Waals surface area contributed by atoms with Gasteiger partial charge in [-0.05, 0) is 24.6 Å². The van der Waals surface area contributed by atoms with E-state index in [2.05, 4.69) is 26.0 Å². The van der Waals surface area contributed by atoms with Crippen molar-refractivity contribution in [1.29, 1.82) is 0 Å². The first-order chi connectivity index (χ1) is 12.0. The quantitative estimate of drug-likeness (QED) is 0.578. The summed E-state index contributed by atoms with van der Waals surface area (Å²) in [5, 5.41) is 13.6. The molecule has 9 heteroatoms. The van der Waals surface area contributed by atoms with Crippen LogP contribution in [0, 0.1) is 11.7 Å². The van der Waals surface area contributed by atoms with Gasteiger partial charge in [0.25, 0.3) is 0 Å². The zero-order valence-corrected chi connectivity index (χ0v) is 14.9. The number of rotatable bonds is 6. The summed E-state index contributed by atoms with van der Waals surface area (Å²) in [6.07, 6.45) is 1.17. The summed E-state index contributed by atoms with van der Waals surface area (Å²) in [6.45, 7) is 1.66. The van der Waals surface area contributed by atoms with Gasteiger partial charge in [-0.2, -0.15) is 0 Å². The van der Waals surface area contributed by atoms with Gasteiger partial charge >= 0.3 is 5.97 Å². The highest BCUT2D eigenvalue weighted by molar-refractivity contribution is 9.10. The third-order valence-electron chi connectivity index (χ3n) is 3.86. The first-order valence-electron chi connectivity index (χ1n) is 7.87. The number of carbonyl (C=O) groups excluding carboxylic acids is 1. The monoisotopic (exact) mass is 413 g/mol. The van der Waals surface area contributed by atoms with E-state index >= 15 is 0 Å². The van der Waals surface area contributed by atoms with Crippen LogP contribution in [0.1, 0.15) is 18.7 Å². The van der Waals surface area contributed by atoms with Crippen LogP contribution in [0.2, 0.25) is 0 Å². The van der Waals surface area contributed by atoms with Crippen molar-refractivity contribution < 1.29 is 23.9 Å². The summed E-state index contributed by atoms with van der Waals surface area (Å²) in [6, 6.07) is 4.39. The molecule has 0 saturated carbocycles. The largest absolute Gasteiger partial charge is 0.465 e. The van der Waals surface area contributed by atoms with E-state index in [-0.39, 0.29) is 41.9 Å². The van der Waals surface area contributed by atoms with Gasteiger partial charge in [-0.25, -0.2) is 9.37 Å². The molecule has 25 heavy (non-hydrogen) atoms. The molecule has 1 aromatic heterocycles. The van der Waals surface area contributed by atoms with Crippen LogP contribution in [0.25, 0.3) is 11.4 Å². The van der Waals surface area contributed by atoms with E-state index in [1.165, 1.54) is 12.1 Å². The highest BCUT2D eigenvalue weighted by atomic mass is 79.9. The molecule has 3 rings (SSSR count). The third-order valence-corrected chi connectivity index (χ3v) is 4.36. The molecule has 2 heterocycles. The minimum absolute atomic E-state index is 0.0172. The zero-order chi connectivity index (χ0) is 17.8. The van der Waals surface area contributed by atoms with E-state index in [1.807, 2.05) is 0 Å². The van der Waals surface area contributed by atoms with E-state index in [0.717, 1.165) is 6.42 Å². The Morgan fingerprint density at radius 3 is 3.08 bits per heavy atom. The number of benzene rings is 1. The minimum atomic E-state index is -0.540. The Morgan fingerprint density at radius 1 is 1.52 bits per heavy atom. The molecule has 2 aromatic rings. The number of carbonyl (C=O) groups is 1. The van der Waals surface area contributed by atoms with Gasteiger partial charge in [0.2, 0.25) is 5.82 Å². The maximum Gasteiger partial charge on any atom is 0.306 e. The van der Waals surface area contributed by atoms with Crippen molar-refractivity contribution in [3.8, 4) is 11.4 Å². The van der Waals surface area contributed by atoms with E-state index in [0.29, 0.717) is 29.1 Å². The Labute approximate surface area is 151 Å². The fraction of sp³-hybridized carbons (Fsp3) is 0.438. The van der Waals surface area contributed by atoms with E-state index in [1.54, 1.807) is 6.07 Å². The van der Waals surface area contributed by atoms with E-state index in [4.69, 9.17) is 9.47 Å². The lowest BCUT2D eigenvalue weighted by molar-refractivity contribution is -0.145. The van der Waals surface area contributed by atoms with Crippen LogP contribution in [0.15, 0.2) is 22.7 Å². The molecule has 0 amide bonds. The summed E-state index contributed by atoms with van der Waals surface area (Å²) in [7, 11) is 0. The van der Waals surface area contributed by atoms with Gasteiger partial charge in [0.1, 0.15) is 5.82 Å². The molecule has 1 aliphatic heterocycles. The van der Waals surface area contributed by atoms with Crippen LogP contribution in [-0.4, -0.2) is 45.9 Å². The van der Waals surface area contributed by atoms with Crippen molar-refractivity contribution in [2.45, 2.75) is 19.3 Å². The topological polar surface area (TPSA) is 86.5 Å². The molecule has 1 atom stereocenters. The van der Waals surface area contributed by atoms with Crippen molar-refractivity contribution in [2.24, 2.45) is 5.92 Å². The number of halogens is 2. The minimum Gasteiger partial charge on any atom is -0.465 e. The van der Waals surface area contributed by atoms with E-state index in [9.17, 15) is 14.4 Å². The standard InChI is InChI=1S/C16H17BrFN3O4/c17-11-1-2-12(13(18)7-11)16-19-14(20-21(16)23)3-4-15(22)25-9-10-5-6-24-8-10/h1-2,7,10,23H,3-6,8-9H2. The van der Waals surface area contributed by atoms with Gasteiger partial charge in [-0.15, -0.1) is 5.10 Å². The molecular weight excluding hydrogens is 397 g/mol. The fourth-order valence-electron chi connectivity index (χ4n) is 2.50. The van der Waals surface area contributed by atoms with Crippen molar-refractivity contribution in [3.63, 3.8) is 0 Å². The fourth-order valence-corrected chi connectivity index (χ4v) is 2.84. The second kappa shape index (κ2) is 7.92. The second-order valence-electron chi connectivity index (χ2n) is 5.78. The predicted molar refractivity (Wildman–Crippen MR) is 88.5 cm³/mol. The lowest BCUT2D eigenvalue weighted by Gasteiger charge is -2.08. The Kier molecular flexibility index (Phi) is 5.64. The van der Waals surface area contributed by atoms with Crippen LogP contribution >= 0.6 is 15.9 Å². The van der Waals surface area contributed by atoms with Gasteiger partial charge in [-0.3, -0.25) is 4.79 Å². The van der Waals surface area contributed by atoms with Crippen LogP contribution < -0.4 is 0 Å². The van der Waals surface area contributed by atoms with Gasteiger partial charge in [0.15, 0.2) is 5.82 Å². The molecule has 1 aromatic carbocycles. The molecule has 134 valence electrons. The van der Waals surface area contributed by atoms with Crippen molar-refractivity contribution >= 4 is 21.9 Å². The van der Waals surface area contributed by atoms with Crippen molar-refractivity contribution in [3.05, 3.63) is 34.3 Å². The smallest absolute Gasteiger partial charge is 0.306 e. The van der Waals surface area contributed by atoms with Gasteiger partial charge in [0.05, 0.1) is 25.2 Å². The molecule has 1 saturated heterocycles. The SMILES string of the molecule is O=C(CCc1nc(-c2ccc(Br)cc2F)n(O)n1)OCC1CCOC1. The van der Waals surface area contributed by atoms with Crippen LogP contribution in [0.5, 0.6) is 0 Å².